The van der Waals surface area contributed by atoms with Gasteiger partial charge in [0, 0.05) is 62.5 Å². The Morgan fingerprint density at radius 1 is 1.21 bits per heavy atom. The third kappa shape index (κ3) is 4.99. The average molecular weight is 532 g/mol. The number of carbonyl (C=O) groups excluding carboxylic acids is 2. The number of nitrogens with zero attached hydrogens (tertiary/aromatic N) is 6. The zero-order chi connectivity index (χ0) is 27.7. The van der Waals surface area contributed by atoms with E-state index >= 15 is 4.39 Å². The van der Waals surface area contributed by atoms with Crippen molar-refractivity contribution in [2.45, 2.75) is 26.3 Å². The van der Waals surface area contributed by atoms with Crippen LogP contribution < -0.4 is 4.74 Å². The van der Waals surface area contributed by atoms with Gasteiger partial charge in [0.25, 0.3) is 5.91 Å². The van der Waals surface area contributed by atoms with Gasteiger partial charge in [-0.2, -0.15) is 0 Å². The van der Waals surface area contributed by atoms with E-state index in [1.54, 1.807) is 67.7 Å². The quantitative estimate of drug-likeness (QED) is 0.390. The van der Waals surface area contributed by atoms with Crippen LogP contribution in [0, 0.1) is 12.7 Å². The van der Waals surface area contributed by atoms with Gasteiger partial charge in [-0.3, -0.25) is 19.3 Å². The summed E-state index contributed by atoms with van der Waals surface area (Å²) in [5, 5.41) is 8.24. The summed E-state index contributed by atoms with van der Waals surface area (Å²) >= 11 is 0. The summed E-state index contributed by atoms with van der Waals surface area (Å²) in [6.07, 6.45) is 9.46. The number of methoxy groups -OCH3 is 1. The number of rotatable bonds is 7. The lowest BCUT2D eigenvalue weighted by Gasteiger charge is -2.28. The van der Waals surface area contributed by atoms with Gasteiger partial charge < -0.3 is 19.5 Å². The molecule has 202 valence electrons. The molecule has 4 heterocycles. The first kappa shape index (κ1) is 26.1. The number of aromatic amines is 1. The highest BCUT2D eigenvalue weighted by molar-refractivity contribution is 6.05. The van der Waals surface area contributed by atoms with Crippen molar-refractivity contribution in [1.29, 1.82) is 0 Å². The standard InChI is InChI=1S/C28H30FN7O3/c1-17-14-30-15-23(39-4)25(17)20-12-19(26(29)27-21(20)13-22(32-27)28(38)34(2)3)18-6-5-9-35(16-18)24(37)7-10-36-11-8-31-33-36/h6,8,11-15,32H,5,7,9-10,16H2,1-4H3. The average Bonchev–Trinajstić information content (AvgIpc) is 3.62. The molecule has 39 heavy (non-hydrogen) atoms. The molecule has 0 radical (unpaired) electrons. The normalized spacial score (nSPS) is 13.5. The molecule has 4 aromatic rings. The van der Waals surface area contributed by atoms with Crippen LogP contribution in [0.25, 0.3) is 27.6 Å². The van der Waals surface area contributed by atoms with Crippen LogP contribution in [0.3, 0.4) is 0 Å². The molecule has 5 rings (SSSR count). The molecular weight excluding hydrogens is 501 g/mol. The zero-order valence-electron chi connectivity index (χ0n) is 22.4. The number of nitrogens with one attached hydrogen (secondary N) is 1. The molecule has 11 heteroatoms. The van der Waals surface area contributed by atoms with Crippen molar-refractivity contribution in [2.24, 2.45) is 0 Å². The predicted octanol–water partition coefficient (Wildman–Crippen LogP) is 3.69. The van der Waals surface area contributed by atoms with E-state index < -0.39 is 5.82 Å². The molecule has 2 amide bonds. The maximum absolute atomic E-state index is 16.2. The fraction of sp³-hybridized carbons (Fsp3) is 0.321. The second-order valence-corrected chi connectivity index (χ2v) is 9.74. The van der Waals surface area contributed by atoms with Gasteiger partial charge in [0.05, 0.1) is 31.6 Å². The van der Waals surface area contributed by atoms with Crippen LogP contribution in [0.15, 0.2) is 43.0 Å². The first-order valence-corrected chi connectivity index (χ1v) is 12.7. The Morgan fingerprint density at radius 3 is 2.74 bits per heavy atom. The van der Waals surface area contributed by atoms with Crippen molar-refractivity contribution in [3.05, 3.63) is 65.6 Å². The number of ether oxygens (including phenoxy) is 1. The molecule has 0 unspecified atom stereocenters. The van der Waals surface area contributed by atoms with Crippen molar-refractivity contribution in [3.63, 3.8) is 0 Å². The summed E-state index contributed by atoms with van der Waals surface area (Å²) in [6.45, 7) is 3.16. The van der Waals surface area contributed by atoms with E-state index in [0.29, 0.717) is 47.3 Å². The minimum atomic E-state index is -0.472. The highest BCUT2D eigenvalue weighted by Gasteiger charge is 2.26. The Balaban J connectivity index is 1.58. The highest BCUT2D eigenvalue weighted by Crippen LogP contribution is 2.41. The summed E-state index contributed by atoms with van der Waals surface area (Å²) in [5.74, 6) is -0.237. The minimum absolute atomic E-state index is 0.0387. The lowest BCUT2D eigenvalue weighted by atomic mass is 9.91. The van der Waals surface area contributed by atoms with E-state index in [0.717, 1.165) is 11.1 Å². The van der Waals surface area contributed by atoms with Crippen LogP contribution >= 0.6 is 0 Å². The number of carbonyl (C=O) groups is 2. The van der Waals surface area contributed by atoms with Gasteiger partial charge in [-0.25, -0.2) is 4.39 Å². The zero-order valence-corrected chi connectivity index (χ0v) is 22.4. The molecule has 0 saturated carbocycles. The van der Waals surface area contributed by atoms with E-state index in [-0.39, 0.29) is 36.0 Å². The molecule has 0 aliphatic carbocycles. The minimum Gasteiger partial charge on any atom is -0.494 e. The number of halogens is 1. The van der Waals surface area contributed by atoms with Gasteiger partial charge in [-0.1, -0.05) is 11.3 Å². The number of aryl methyl sites for hydroxylation is 2. The molecule has 0 bridgehead atoms. The van der Waals surface area contributed by atoms with E-state index in [1.165, 1.54) is 4.90 Å². The van der Waals surface area contributed by atoms with E-state index in [4.69, 9.17) is 4.74 Å². The van der Waals surface area contributed by atoms with Crippen molar-refractivity contribution in [3.8, 4) is 16.9 Å². The molecule has 0 fully saturated rings. The number of amides is 2. The van der Waals surface area contributed by atoms with E-state index in [1.807, 2.05) is 13.0 Å². The van der Waals surface area contributed by atoms with Crippen LogP contribution in [-0.2, 0) is 11.3 Å². The number of H-pyrrole nitrogens is 1. The van der Waals surface area contributed by atoms with Crippen LogP contribution in [0.1, 0.15) is 34.5 Å². The molecule has 1 aliphatic heterocycles. The molecule has 0 atom stereocenters. The van der Waals surface area contributed by atoms with Crippen LogP contribution in [-0.4, -0.2) is 80.9 Å². The van der Waals surface area contributed by atoms with E-state index in [2.05, 4.69) is 20.3 Å². The fourth-order valence-corrected chi connectivity index (χ4v) is 4.97. The van der Waals surface area contributed by atoms with Crippen molar-refractivity contribution < 1.29 is 18.7 Å². The Bertz CT molecular complexity index is 1570. The number of fused-ring (bicyclic) bond motifs is 1. The Hall–Kier alpha value is -4.54. The van der Waals surface area contributed by atoms with Gasteiger partial charge in [0.15, 0.2) is 5.82 Å². The number of pyridine rings is 1. The van der Waals surface area contributed by atoms with Gasteiger partial charge in [0.1, 0.15) is 11.4 Å². The van der Waals surface area contributed by atoms with Crippen LogP contribution in [0.2, 0.25) is 0 Å². The smallest absolute Gasteiger partial charge is 0.269 e. The van der Waals surface area contributed by atoms with E-state index in [9.17, 15) is 9.59 Å². The molecule has 3 aromatic heterocycles. The Kier molecular flexibility index (Phi) is 7.14. The second kappa shape index (κ2) is 10.7. The van der Waals surface area contributed by atoms with Gasteiger partial charge in [-0.15, -0.1) is 5.10 Å². The van der Waals surface area contributed by atoms with Crippen molar-refractivity contribution in [2.75, 3.05) is 34.3 Å². The molecule has 0 spiro atoms. The van der Waals surface area contributed by atoms with Gasteiger partial charge in [0.2, 0.25) is 5.91 Å². The summed E-state index contributed by atoms with van der Waals surface area (Å²) in [4.78, 5) is 36.2. The topological polar surface area (TPSA) is 109 Å². The number of hydrogen-bond donors (Lipinski definition) is 1. The molecule has 1 aliphatic rings. The lowest BCUT2D eigenvalue weighted by molar-refractivity contribution is -0.131. The summed E-state index contributed by atoms with van der Waals surface area (Å²) < 4.78 is 23.4. The Morgan fingerprint density at radius 2 is 2.03 bits per heavy atom. The number of aromatic nitrogens is 5. The maximum atomic E-state index is 16.2. The monoisotopic (exact) mass is 531 g/mol. The summed E-state index contributed by atoms with van der Waals surface area (Å²) in [5.41, 5.74) is 3.90. The predicted molar refractivity (Wildman–Crippen MR) is 145 cm³/mol. The van der Waals surface area contributed by atoms with Crippen LogP contribution in [0.5, 0.6) is 5.75 Å². The van der Waals surface area contributed by atoms with Crippen molar-refractivity contribution >= 4 is 28.3 Å². The third-order valence-electron chi connectivity index (χ3n) is 6.96. The lowest BCUT2D eigenvalue weighted by Crippen LogP contribution is -2.36. The third-order valence-corrected chi connectivity index (χ3v) is 6.96. The van der Waals surface area contributed by atoms with Crippen molar-refractivity contribution in [1.82, 2.24) is 34.8 Å². The molecule has 1 aromatic carbocycles. The number of benzene rings is 1. The molecule has 0 saturated heterocycles. The largest absolute Gasteiger partial charge is 0.494 e. The Labute approximate surface area is 225 Å². The second-order valence-electron chi connectivity index (χ2n) is 9.74. The first-order valence-electron chi connectivity index (χ1n) is 12.7. The highest BCUT2D eigenvalue weighted by atomic mass is 19.1. The molecular formula is C28H30FN7O3. The first-order chi connectivity index (χ1) is 18.8. The molecule has 10 nitrogen and oxygen atoms in total. The van der Waals surface area contributed by atoms with Crippen LogP contribution in [0.4, 0.5) is 4.39 Å². The summed E-state index contributed by atoms with van der Waals surface area (Å²) in [7, 11) is 4.86. The SMILES string of the molecule is COc1cncc(C)c1-c1cc(C2=CCCN(C(=O)CCn3ccnn3)C2)c(F)c2[nH]c(C(=O)N(C)C)cc12. The van der Waals surface area contributed by atoms with Gasteiger partial charge >= 0.3 is 0 Å². The number of hydrogen-bond acceptors (Lipinski definition) is 6. The summed E-state index contributed by atoms with van der Waals surface area (Å²) in [6, 6.07) is 3.46. The maximum Gasteiger partial charge on any atom is 0.269 e. The fourth-order valence-electron chi connectivity index (χ4n) is 4.97. The molecule has 1 N–H and O–H groups in total. The van der Waals surface area contributed by atoms with Gasteiger partial charge in [-0.05, 0) is 42.2 Å².